The summed E-state index contributed by atoms with van der Waals surface area (Å²) in [6.07, 6.45) is -0.0310. The smallest absolute Gasteiger partial charge is 0.332 e. The molecular formula is C25H24N4O4S. The summed E-state index contributed by atoms with van der Waals surface area (Å²) in [6.45, 7) is 0.0654. The molecule has 1 N–H and O–H groups in total. The predicted octanol–water partition coefficient (Wildman–Crippen LogP) is 2.59. The van der Waals surface area contributed by atoms with Gasteiger partial charge in [-0.25, -0.2) is 4.79 Å². The second-order valence-electron chi connectivity index (χ2n) is 7.76. The van der Waals surface area contributed by atoms with Gasteiger partial charge in [-0.3, -0.25) is 23.5 Å². The van der Waals surface area contributed by atoms with Gasteiger partial charge in [-0.1, -0.05) is 48.5 Å². The highest BCUT2D eigenvalue weighted by Gasteiger charge is 2.19. The standard InChI is InChI=1S/C25H24N4O4S/c1-27(19-10-6-3-7-11-19)22(31)17-29-20-13-15-34-23(20)24(32)28(25(29)33)14-12-21(30)26-16-18-8-4-2-5-9-18/h2-11,13,15H,12,14,16-17H2,1H3,(H,26,30). The van der Waals surface area contributed by atoms with Gasteiger partial charge in [0.2, 0.25) is 11.8 Å². The Morgan fingerprint density at radius 1 is 0.941 bits per heavy atom. The zero-order valence-corrected chi connectivity index (χ0v) is 19.5. The Labute approximate surface area is 199 Å². The van der Waals surface area contributed by atoms with Crippen molar-refractivity contribution in [2.75, 3.05) is 11.9 Å². The van der Waals surface area contributed by atoms with E-state index in [-0.39, 0.29) is 31.3 Å². The van der Waals surface area contributed by atoms with Crippen LogP contribution in [0.1, 0.15) is 12.0 Å². The number of hydrogen-bond acceptors (Lipinski definition) is 5. The number of nitrogens with one attached hydrogen (secondary N) is 1. The van der Waals surface area contributed by atoms with Crippen LogP contribution in [0.15, 0.2) is 81.7 Å². The van der Waals surface area contributed by atoms with Crippen molar-refractivity contribution in [3.8, 4) is 0 Å². The molecule has 174 valence electrons. The summed E-state index contributed by atoms with van der Waals surface area (Å²) in [7, 11) is 1.64. The molecule has 0 fully saturated rings. The van der Waals surface area contributed by atoms with Crippen molar-refractivity contribution < 1.29 is 9.59 Å². The summed E-state index contributed by atoms with van der Waals surface area (Å²) in [6, 6.07) is 20.2. The molecule has 0 saturated carbocycles. The fourth-order valence-corrected chi connectivity index (χ4v) is 4.46. The number of carbonyl (C=O) groups is 2. The van der Waals surface area contributed by atoms with Crippen LogP contribution < -0.4 is 21.5 Å². The Bertz CT molecular complexity index is 1420. The maximum absolute atomic E-state index is 13.2. The first-order chi connectivity index (χ1) is 16.5. The minimum absolute atomic E-state index is 0.0310. The molecule has 0 spiro atoms. The number of rotatable bonds is 8. The number of likely N-dealkylation sites (N-methyl/N-ethyl adjacent to an activating group) is 1. The third kappa shape index (κ3) is 4.99. The van der Waals surface area contributed by atoms with Crippen molar-refractivity contribution >= 4 is 39.1 Å². The Balaban J connectivity index is 1.54. The van der Waals surface area contributed by atoms with Crippen LogP contribution in [0.5, 0.6) is 0 Å². The molecule has 0 saturated heterocycles. The van der Waals surface area contributed by atoms with E-state index in [4.69, 9.17) is 0 Å². The number of aromatic nitrogens is 2. The van der Waals surface area contributed by atoms with E-state index < -0.39 is 11.2 Å². The Kier molecular flexibility index (Phi) is 7.03. The molecule has 0 atom stereocenters. The molecule has 4 rings (SSSR count). The van der Waals surface area contributed by atoms with Crippen molar-refractivity contribution in [1.82, 2.24) is 14.5 Å². The van der Waals surface area contributed by atoms with Crippen molar-refractivity contribution in [3.63, 3.8) is 0 Å². The van der Waals surface area contributed by atoms with Gasteiger partial charge >= 0.3 is 5.69 Å². The Hall–Kier alpha value is -3.98. The van der Waals surface area contributed by atoms with Crippen molar-refractivity contribution in [1.29, 1.82) is 0 Å². The van der Waals surface area contributed by atoms with Crippen LogP contribution in [0, 0.1) is 0 Å². The molecule has 0 aliphatic rings. The van der Waals surface area contributed by atoms with Gasteiger partial charge in [0.1, 0.15) is 11.2 Å². The fourth-order valence-electron chi connectivity index (χ4n) is 3.62. The second-order valence-corrected chi connectivity index (χ2v) is 8.68. The minimum atomic E-state index is -0.610. The minimum Gasteiger partial charge on any atom is -0.352 e. The van der Waals surface area contributed by atoms with Gasteiger partial charge in [-0.05, 0) is 29.1 Å². The van der Waals surface area contributed by atoms with Crippen LogP contribution in [0.25, 0.3) is 10.2 Å². The van der Waals surface area contributed by atoms with E-state index in [0.717, 1.165) is 10.1 Å². The molecule has 2 aromatic carbocycles. The number of para-hydroxylation sites is 1. The number of nitrogens with zero attached hydrogens (tertiary/aromatic N) is 3. The van der Waals surface area contributed by atoms with E-state index in [0.29, 0.717) is 22.4 Å². The SMILES string of the molecule is CN(C(=O)Cn1c(=O)n(CCC(=O)NCc2ccccc2)c(=O)c2sccc21)c1ccccc1. The number of benzene rings is 2. The average Bonchev–Trinajstić information content (AvgIpc) is 3.36. The van der Waals surface area contributed by atoms with Crippen LogP contribution in [0.2, 0.25) is 0 Å². The maximum atomic E-state index is 13.2. The highest BCUT2D eigenvalue weighted by molar-refractivity contribution is 7.17. The van der Waals surface area contributed by atoms with Gasteiger partial charge < -0.3 is 10.2 Å². The highest BCUT2D eigenvalue weighted by atomic mass is 32.1. The summed E-state index contributed by atoms with van der Waals surface area (Å²) < 4.78 is 2.72. The van der Waals surface area contributed by atoms with Gasteiger partial charge in [-0.2, -0.15) is 0 Å². The Morgan fingerprint density at radius 2 is 1.62 bits per heavy atom. The number of fused-ring (bicyclic) bond motifs is 1. The molecule has 9 heteroatoms. The number of carbonyl (C=O) groups excluding carboxylic acids is 2. The summed E-state index contributed by atoms with van der Waals surface area (Å²) in [5.41, 5.74) is 1.01. The molecule has 2 amide bonds. The van der Waals surface area contributed by atoms with Crippen molar-refractivity contribution in [3.05, 3.63) is 98.5 Å². The number of amides is 2. The van der Waals surface area contributed by atoms with Gasteiger partial charge in [-0.15, -0.1) is 11.3 Å². The van der Waals surface area contributed by atoms with Crippen molar-refractivity contribution in [2.45, 2.75) is 26.1 Å². The van der Waals surface area contributed by atoms with Gasteiger partial charge in [0.15, 0.2) is 0 Å². The fraction of sp³-hybridized carbons (Fsp3) is 0.200. The molecule has 0 aliphatic heterocycles. The number of hydrogen-bond donors (Lipinski definition) is 1. The Morgan fingerprint density at radius 3 is 2.32 bits per heavy atom. The summed E-state index contributed by atoms with van der Waals surface area (Å²) >= 11 is 1.21. The lowest BCUT2D eigenvalue weighted by Crippen LogP contribution is -2.43. The third-order valence-electron chi connectivity index (χ3n) is 5.54. The van der Waals surface area contributed by atoms with E-state index in [1.165, 1.54) is 20.8 Å². The van der Waals surface area contributed by atoms with Gasteiger partial charge in [0.25, 0.3) is 5.56 Å². The molecule has 2 aromatic heterocycles. The molecule has 0 unspecified atom stereocenters. The average molecular weight is 477 g/mol. The summed E-state index contributed by atoms with van der Waals surface area (Å²) in [4.78, 5) is 52.9. The molecule has 0 bridgehead atoms. The van der Waals surface area contributed by atoms with E-state index in [9.17, 15) is 19.2 Å². The van der Waals surface area contributed by atoms with E-state index in [2.05, 4.69) is 5.32 Å². The lowest BCUT2D eigenvalue weighted by molar-refractivity contribution is -0.121. The van der Waals surface area contributed by atoms with Gasteiger partial charge in [0, 0.05) is 32.2 Å². The first kappa shape index (κ1) is 23.2. The summed E-state index contributed by atoms with van der Waals surface area (Å²) in [5, 5.41) is 4.51. The monoisotopic (exact) mass is 476 g/mol. The van der Waals surface area contributed by atoms with Crippen LogP contribution in [0.4, 0.5) is 5.69 Å². The lowest BCUT2D eigenvalue weighted by Gasteiger charge is -2.19. The molecule has 0 aliphatic carbocycles. The molecular weight excluding hydrogens is 452 g/mol. The number of anilines is 1. The third-order valence-corrected chi connectivity index (χ3v) is 6.43. The molecule has 2 heterocycles. The molecule has 4 aromatic rings. The van der Waals surface area contributed by atoms with E-state index in [1.54, 1.807) is 30.6 Å². The normalized spacial score (nSPS) is 10.9. The van der Waals surface area contributed by atoms with E-state index in [1.807, 2.05) is 48.5 Å². The number of thiophene rings is 1. The first-order valence-electron chi connectivity index (χ1n) is 10.8. The quantitative estimate of drug-likeness (QED) is 0.423. The molecule has 8 nitrogen and oxygen atoms in total. The van der Waals surface area contributed by atoms with Crippen LogP contribution in [0.3, 0.4) is 0 Å². The van der Waals surface area contributed by atoms with Crippen molar-refractivity contribution in [2.24, 2.45) is 0 Å². The predicted molar refractivity (Wildman–Crippen MR) is 133 cm³/mol. The van der Waals surface area contributed by atoms with Crippen LogP contribution >= 0.6 is 11.3 Å². The van der Waals surface area contributed by atoms with Crippen LogP contribution in [-0.4, -0.2) is 28.0 Å². The molecule has 34 heavy (non-hydrogen) atoms. The lowest BCUT2D eigenvalue weighted by atomic mass is 10.2. The zero-order valence-electron chi connectivity index (χ0n) is 18.6. The highest BCUT2D eigenvalue weighted by Crippen LogP contribution is 2.17. The first-order valence-corrected chi connectivity index (χ1v) is 11.7. The summed E-state index contributed by atoms with van der Waals surface area (Å²) in [5.74, 6) is -0.570. The zero-order chi connectivity index (χ0) is 24.1. The maximum Gasteiger partial charge on any atom is 0.332 e. The largest absolute Gasteiger partial charge is 0.352 e. The van der Waals surface area contributed by atoms with Crippen LogP contribution in [-0.2, 0) is 29.2 Å². The van der Waals surface area contributed by atoms with E-state index >= 15 is 0 Å². The topological polar surface area (TPSA) is 93.4 Å². The molecule has 0 radical (unpaired) electrons. The second kappa shape index (κ2) is 10.3. The van der Waals surface area contributed by atoms with Gasteiger partial charge in [0.05, 0.1) is 5.52 Å².